The SMILES string of the molecule is O=C(Cc1ccc(-n2cnc3cc(-c4cn[nH]c4)ccc32)cc1)Nc1cc(-c2cccc(Br)c2)no1. The fraction of sp³-hybridized carbons (Fsp3) is 0.0370. The number of amides is 1. The molecular weight excluding hydrogens is 520 g/mol. The Balaban J connectivity index is 1.14. The Labute approximate surface area is 214 Å². The zero-order chi connectivity index (χ0) is 24.5. The Bertz CT molecular complexity index is 1670. The fourth-order valence-electron chi connectivity index (χ4n) is 4.07. The van der Waals surface area contributed by atoms with Crippen molar-refractivity contribution in [3.8, 4) is 28.1 Å². The number of carbonyl (C=O) groups excluding carboxylic acids is 1. The van der Waals surface area contributed by atoms with Crippen LogP contribution in [0.4, 0.5) is 5.88 Å². The number of nitrogens with one attached hydrogen (secondary N) is 2. The second-order valence-corrected chi connectivity index (χ2v) is 9.20. The van der Waals surface area contributed by atoms with E-state index in [1.807, 2.05) is 71.4 Å². The van der Waals surface area contributed by atoms with Crippen molar-refractivity contribution in [2.24, 2.45) is 0 Å². The molecule has 36 heavy (non-hydrogen) atoms. The molecule has 6 aromatic rings. The summed E-state index contributed by atoms with van der Waals surface area (Å²) in [6.45, 7) is 0. The molecule has 0 aliphatic heterocycles. The van der Waals surface area contributed by atoms with Crippen LogP contribution in [-0.2, 0) is 11.2 Å². The number of rotatable bonds is 6. The van der Waals surface area contributed by atoms with Gasteiger partial charge in [-0.2, -0.15) is 5.10 Å². The summed E-state index contributed by atoms with van der Waals surface area (Å²) in [5.74, 6) is 0.130. The van der Waals surface area contributed by atoms with Gasteiger partial charge in [-0.25, -0.2) is 4.98 Å². The number of carbonyl (C=O) groups is 1. The first-order chi connectivity index (χ1) is 17.6. The Morgan fingerprint density at radius 2 is 1.89 bits per heavy atom. The van der Waals surface area contributed by atoms with Gasteiger partial charge in [0.2, 0.25) is 11.8 Å². The van der Waals surface area contributed by atoms with Crippen molar-refractivity contribution in [2.45, 2.75) is 6.42 Å². The van der Waals surface area contributed by atoms with E-state index in [4.69, 9.17) is 4.52 Å². The number of aromatic nitrogens is 5. The quantitative estimate of drug-likeness (QED) is 0.270. The van der Waals surface area contributed by atoms with Crippen molar-refractivity contribution in [2.75, 3.05) is 5.32 Å². The van der Waals surface area contributed by atoms with Crippen LogP contribution in [0.25, 0.3) is 39.1 Å². The van der Waals surface area contributed by atoms with Gasteiger partial charge in [-0.05, 0) is 47.5 Å². The van der Waals surface area contributed by atoms with Crippen LogP contribution in [0.3, 0.4) is 0 Å². The van der Waals surface area contributed by atoms with Gasteiger partial charge in [0.1, 0.15) is 12.0 Å². The standard InChI is InChI=1S/C27H19BrN6O2/c28-21-3-1-2-19(11-21)23-13-27(36-33-23)32-26(35)10-17-4-7-22(8-5-17)34-16-29-24-12-18(6-9-25(24)34)20-14-30-31-15-20/h1-9,11-16H,10H2,(H,30,31)(H,32,35). The third-order valence-corrected chi connectivity index (χ3v) is 6.34. The van der Waals surface area contributed by atoms with E-state index in [2.05, 4.69) is 47.7 Å². The summed E-state index contributed by atoms with van der Waals surface area (Å²) >= 11 is 3.45. The lowest BCUT2D eigenvalue weighted by Crippen LogP contribution is -2.13. The maximum atomic E-state index is 12.6. The van der Waals surface area contributed by atoms with Crippen LogP contribution in [0.2, 0.25) is 0 Å². The smallest absolute Gasteiger partial charge is 0.231 e. The largest absolute Gasteiger partial charge is 0.338 e. The van der Waals surface area contributed by atoms with E-state index >= 15 is 0 Å². The van der Waals surface area contributed by atoms with Crippen molar-refractivity contribution < 1.29 is 9.32 Å². The summed E-state index contributed by atoms with van der Waals surface area (Å²) in [5, 5.41) is 13.7. The van der Waals surface area contributed by atoms with Crippen molar-refractivity contribution in [1.29, 1.82) is 0 Å². The van der Waals surface area contributed by atoms with E-state index in [0.29, 0.717) is 11.6 Å². The zero-order valence-corrected chi connectivity index (χ0v) is 20.4. The summed E-state index contributed by atoms with van der Waals surface area (Å²) in [6, 6.07) is 23.4. The van der Waals surface area contributed by atoms with E-state index in [1.54, 1.807) is 18.6 Å². The van der Waals surface area contributed by atoms with Gasteiger partial charge in [0.25, 0.3) is 0 Å². The maximum Gasteiger partial charge on any atom is 0.231 e. The Morgan fingerprint density at radius 1 is 1.00 bits per heavy atom. The molecule has 2 N–H and O–H groups in total. The average molecular weight is 539 g/mol. The minimum Gasteiger partial charge on any atom is -0.338 e. The molecule has 0 radical (unpaired) electrons. The Hall–Kier alpha value is -4.50. The third-order valence-electron chi connectivity index (χ3n) is 5.85. The molecule has 0 unspecified atom stereocenters. The number of halogens is 1. The van der Waals surface area contributed by atoms with Crippen molar-refractivity contribution >= 4 is 38.8 Å². The Kier molecular flexibility index (Phi) is 5.67. The van der Waals surface area contributed by atoms with E-state index in [-0.39, 0.29) is 12.3 Å². The second kappa shape index (κ2) is 9.27. The van der Waals surface area contributed by atoms with Crippen LogP contribution in [0.1, 0.15) is 5.56 Å². The van der Waals surface area contributed by atoms with E-state index in [1.165, 1.54) is 0 Å². The molecule has 0 fully saturated rings. The lowest BCUT2D eigenvalue weighted by Gasteiger charge is -2.07. The number of aromatic amines is 1. The summed E-state index contributed by atoms with van der Waals surface area (Å²) in [4.78, 5) is 17.1. The number of benzene rings is 3. The van der Waals surface area contributed by atoms with E-state index < -0.39 is 0 Å². The molecule has 0 saturated heterocycles. The molecule has 0 spiro atoms. The highest BCUT2D eigenvalue weighted by Crippen LogP contribution is 2.26. The molecule has 3 aromatic heterocycles. The molecule has 3 aromatic carbocycles. The first-order valence-electron chi connectivity index (χ1n) is 11.2. The zero-order valence-electron chi connectivity index (χ0n) is 18.9. The summed E-state index contributed by atoms with van der Waals surface area (Å²) in [5.41, 5.74) is 7.36. The molecule has 3 heterocycles. The Morgan fingerprint density at radius 3 is 2.69 bits per heavy atom. The van der Waals surface area contributed by atoms with Crippen molar-refractivity contribution in [3.63, 3.8) is 0 Å². The predicted octanol–water partition coefficient (Wildman–Crippen LogP) is 6.01. The fourth-order valence-corrected chi connectivity index (χ4v) is 4.47. The molecule has 8 nitrogen and oxygen atoms in total. The van der Waals surface area contributed by atoms with Crippen LogP contribution in [0, 0.1) is 0 Å². The van der Waals surface area contributed by atoms with Gasteiger partial charge in [-0.1, -0.05) is 51.4 Å². The number of hydrogen-bond donors (Lipinski definition) is 2. The maximum absolute atomic E-state index is 12.6. The second-order valence-electron chi connectivity index (χ2n) is 8.28. The third kappa shape index (κ3) is 4.44. The van der Waals surface area contributed by atoms with Crippen molar-refractivity contribution in [1.82, 2.24) is 24.9 Å². The summed E-state index contributed by atoms with van der Waals surface area (Å²) in [7, 11) is 0. The van der Waals surface area contributed by atoms with Crippen LogP contribution in [0.15, 0.2) is 101 Å². The first-order valence-corrected chi connectivity index (χ1v) is 12.0. The number of H-pyrrole nitrogens is 1. The van der Waals surface area contributed by atoms with Gasteiger partial charge >= 0.3 is 0 Å². The first kappa shape index (κ1) is 22.0. The molecule has 176 valence electrons. The monoisotopic (exact) mass is 538 g/mol. The number of hydrogen-bond acceptors (Lipinski definition) is 5. The van der Waals surface area contributed by atoms with Gasteiger partial charge in [-0.3, -0.25) is 19.8 Å². The number of imidazole rings is 1. The van der Waals surface area contributed by atoms with Crippen LogP contribution in [0.5, 0.6) is 0 Å². The topological polar surface area (TPSA) is 102 Å². The molecule has 0 bridgehead atoms. The molecule has 1 amide bonds. The minimum absolute atomic E-state index is 0.181. The normalized spacial score (nSPS) is 11.1. The molecule has 6 rings (SSSR count). The number of nitrogens with zero attached hydrogens (tertiary/aromatic N) is 4. The van der Waals surface area contributed by atoms with Gasteiger partial charge in [0, 0.05) is 33.6 Å². The van der Waals surface area contributed by atoms with Crippen LogP contribution in [-0.4, -0.2) is 30.8 Å². The number of fused-ring (bicyclic) bond motifs is 1. The molecule has 0 saturated carbocycles. The molecular formula is C27H19BrN6O2. The minimum atomic E-state index is -0.181. The molecule has 0 aliphatic carbocycles. The highest BCUT2D eigenvalue weighted by molar-refractivity contribution is 9.10. The van der Waals surface area contributed by atoms with Crippen LogP contribution < -0.4 is 5.32 Å². The molecule has 9 heteroatoms. The lowest BCUT2D eigenvalue weighted by atomic mass is 10.1. The van der Waals surface area contributed by atoms with E-state index in [9.17, 15) is 4.79 Å². The molecule has 0 atom stereocenters. The number of anilines is 1. The van der Waals surface area contributed by atoms with Crippen molar-refractivity contribution in [3.05, 3.63) is 102 Å². The lowest BCUT2D eigenvalue weighted by molar-refractivity contribution is -0.115. The van der Waals surface area contributed by atoms with Gasteiger partial charge in [0.15, 0.2) is 0 Å². The van der Waals surface area contributed by atoms with E-state index in [0.717, 1.165) is 43.4 Å². The predicted molar refractivity (Wildman–Crippen MR) is 141 cm³/mol. The summed E-state index contributed by atoms with van der Waals surface area (Å²) in [6.07, 6.45) is 5.66. The highest BCUT2D eigenvalue weighted by atomic mass is 79.9. The highest BCUT2D eigenvalue weighted by Gasteiger charge is 2.12. The van der Waals surface area contributed by atoms with Crippen LogP contribution >= 0.6 is 15.9 Å². The van der Waals surface area contributed by atoms with Gasteiger partial charge < -0.3 is 4.52 Å². The van der Waals surface area contributed by atoms with Gasteiger partial charge in [-0.15, -0.1) is 0 Å². The average Bonchev–Trinajstić information content (AvgIpc) is 3.65. The molecule has 0 aliphatic rings. The van der Waals surface area contributed by atoms with Gasteiger partial charge in [0.05, 0.1) is 23.7 Å². The summed E-state index contributed by atoms with van der Waals surface area (Å²) < 4.78 is 8.26.